The summed E-state index contributed by atoms with van der Waals surface area (Å²) in [4.78, 5) is 14.2. The number of rotatable bonds is 5. The molecule has 0 aliphatic heterocycles. The van der Waals surface area contributed by atoms with E-state index >= 15 is 0 Å². The Kier molecular flexibility index (Phi) is 4.75. The van der Waals surface area contributed by atoms with Crippen molar-refractivity contribution in [2.24, 2.45) is 5.10 Å². The lowest BCUT2D eigenvalue weighted by Gasteiger charge is -2.00. The molecule has 28 heavy (non-hydrogen) atoms. The fraction of sp³-hybridized carbons (Fsp3) is 0.0500. The molecule has 0 saturated carbocycles. The highest BCUT2D eigenvalue weighted by molar-refractivity contribution is 5.89. The lowest BCUT2D eigenvalue weighted by molar-refractivity contribution is 0.884. The molecule has 8 heteroatoms. The zero-order valence-corrected chi connectivity index (χ0v) is 15.1. The Morgan fingerprint density at radius 2 is 1.75 bits per heavy atom. The van der Waals surface area contributed by atoms with E-state index in [0.29, 0.717) is 5.69 Å². The fourth-order valence-electron chi connectivity index (χ4n) is 2.62. The monoisotopic (exact) mass is 371 g/mol. The van der Waals surface area contributed by atoms with Crippen LogP contribution in [0, 0.1) is 6.92 Å². The maximum Gasteiger partial charge on any atom is 0.274 e. The number of nitrogens with zero attached hydrogens (tertiary/aromatic N) is 5. The molecule has 138 valence electrons. The number of hydrogen-bond acceptors (Lipinski definition) is 6. The molecule has 0 aliphatic carbocycles. The molecule has 4 aromatic rings. The van der Waals surface area contributed by atoms with Gasteiger partial charge in [0.25, 0.3) is 5.56 Å². The summed E-state index contributed by atoms with van der Waals surface area (Å²) in [6.45, 7) is 1.59. The maximum atomic E-state index is 11.6. The Bertz CT molecular complexity index is 1160. The third kappa shape index (κ3) is 3.70. The minimum Gasteiger partial charge on any atom is -0.288 e. The Morgan fingerprint density at radius 1 is 1.04 bits per heavy atom. The maximum absolute atomic E-state index is 11.6. The van der Waals surface area contributed by atoms with Crippen molar-refractivity contribution in [1.29, 1.82) is 0 Å². The summed E-state index contributed by atoms with van der Waals surface area (Å²) in [7, 11) is 0. The third-order valence-corrected chi connectivity index (χ3v) is 4.05. The van der Waals surface area contributed by atoms with E-state index in [2.05, 4.69) is 25.7 Å². The number of benzene rings is 2. The lowest BCUT2D eigenvalue weighted by Crippen LogP contribution is -2.15. The summed E-state index contributed by atoms with van der Waals surface area (Å²) in [5.41, 5.74) is 6.20. The van der Waals surface area contributed by atoms with Gasteiger partial charge in [-0.25, -0.2) is 10.1 Å². The standard InChI is InChI=1S/C20H17N7O/c1-14-19(28)22-20(25-23-14)24-21-12-16-13-27(17-10-6-3-7-11-17)26-18(16)15-8-4-2-5-9-15/h2-13H,1H3,(H2,22,24,25,28). The molecule has 2 heterocycles. The predicted octanol–water partition coefficient (Wildman–Crippen LogP) is 2.77. The number of hydrazone groups is 1. The summed E-state index contributed by atoms with van der Waals surface area (Å²) in [5, 5.41) is 16.5. The average Bonchev–Trinajstić information content (AvgIpc) is 3.16. The van der Waals surface area contributed by atoms with E-state index in [1.807, 2.05) is 66.9 Å². The normalized spacial score (nSPS) is 11.0. The van der Waals surface area contributed by atoms with Crippen molar-refractivity contribution in [2.45, 2.75) is 6.92 Å². The van der Waals surface area contributed by atoms with E-state index in [1.165, 1.54) is 0 Å². The first-order valence-electron chi connectivity index (χ1n) is 8.64. The van der Waals surface area contributed by atoms with Crippen molar-refractivity contribution in [2.75, 3.05) is 5.43 Å². The molecule has 2 aromatic heterocycles. The molecule has 0 unspecified atom stereocenters. The molecule has 2 aromatic carbocycles. The van der Waals surface area contributed by atoms with Crippen LogP contribution >= 0.6 is 0 Å². The van der Waals surface area contributed by atoms with E-state index in [1.54, 1.807) is 17.8 Å². The summed E-state index contributed by atoms with van der Waals surface area (Å²) in [6, 6.07) is 19.7. The highest BCUT2D eigenvalue weighted by Gasteiger charge is 2.10. The largest absolute Gasteiger partial charge is 0.288 e. The van der Waals surface area contributed by atoms with E-state index in [-0.39, 0.29) is 11.5 Å². The Hall–Kier alpha value is -4.07. The molecule has 0 atom stereocenters. The number of aromatic nitrogens is 5. The molecule has 0 saturated heterocycles. The van der Waals surface area contributed by atoms with Gasteiger partial charge < -0.3 is 0 Å². The molecule has 0 bridgehead atoms. The van der Waals surface area contributed by atoms with Gasteiger partial charge in [0.05, 0.1) is 11.9 Å². The zero-order chi connectivity index (χ0) is 19.3. The van der Waals surface area contributed by atoms with Gasteiger partial charge in [-0.1, -0.05) is 48.5 Å². The predicted molar refractivity (Wildman–Crippen MR) is 108 cm³/mol. The van der Waals surface area contributed by atoms with Gasteiger partial charge in [-0.2, -0.15) is 10.2 Å². The van der Waals surface area contributed by atoms with Gasteiger partial charge in [0.1, 0.15) is 11.4 Å². The van der Waals surface area contributed by atoms with Crippen molar-refractivity contribution in [3.63, 3.8) is 0 Å². The molecule has 4 rings (SSSR count). The van der Waals surface area contributed by atoms with Crippen LogP contribution in [0.1, 0.15) is 11.3 Å². The number of H-pyrrole nitrogens is 1. The fourth-order valence-corrected chi connectivity index (χ4v) is 2.62. The van der Waals surface area contributed by atoms with Crippen LogP contribution in [0.25, 0.3) is 16.9 Å². The average molecular weight is 371 g/mol. The molecule has 0 spiro atoms. The topological polar surface area (TPSA) is 101 Å². The minimum atomic E-state index is -0.311. The molecule has 0 fully saturated rings. The molecular weight excluding hydrogens is 354 g/mol. The second-order valence-corrected chi connectivity index (χ2v) is 6.04. The minimum absolute atomic E-state index is 0.170. The van der Waals surface area contributed by atoms with Crippen molar-refractivity contribution < 1.29 is 0 Å². The Labute approximate surface area is 160 Å². The van der Waals surface area contributed by atoms with Gasteiger partial charge in [-0.05, 0) is 19.1 Å². The highest BCUT2D eigenvalue weighted by Crippen LogP contribution is 2.22. The summed E-state index contributed by atoms with van der Waals surface area (Å²) < 4.78 is 1.80. The first-order valence-corrected chi connectivity index (χ1v) is 8.64. The first kappa shape index (κ1) is 17.3. The second-order valence-electron chi connectivity index (χ2n) is 6.04. The number of aryl methyl sites for hydroxylation is 1. The van der Waals surface area contributed by atoms with Crippen LogP contribution in [0.15, 0.2) is 76.8 Å². The van der Waals surface area contributed by atoms with Crippen LogP contribution < -0.4 is 11.0 Å². The number of anilines is 1. The van der Waals surface area contributed by atoms with Crippen molar-refractivity contribution in [1.82, 2.24) is 25.0 Å². The van der Waals surface area contributed by atoms with E-state index in [0.717, 1.165) is 22.5 Å². The van der Waals surface area contributed by atoms with Crippen molar-refractivity contribution in [3.8, 4) is 16.9 Å². The van der Waals surface area contributed by atoms with E-state index in [9.17, 15) is 4.79 Å². The smallest absolute Gasteiger partial charge is 0.274 e. The van der Waals surface area contributed by atoms with Gasteiger partial charge >= 0.3 is 0 Å². The zero-order valence-electron chi connectivity index (χ0n) is 15.1. The quantitative estimate of drug-likeness (QED) is 0.415. The number of aromatic amines is 1. The SMILES string of the molecule is Cc1nnc(NN=Cc2cn(-c3ccccc3)nc2-c2ccccc2)[nH]c1=O. The summed E-state index contributed by atoms with van der Waals surface area (Å²) >= 11 is 0. The lowest BCUT2D eigenvalue weighted by atomic mass is 10.1. The first-order chi connectivity index (χ1) is 13.7. The summed E-state index contributed by atoms with van der Waals surface area (Å²) in [6.07, 6.45) is 3.53. The van der Waals surface area contributed by atoms with Crippen LogP contribution in [0.5, 0.6) is 0 Å². The van der Waals surface area contributed by atoms with Crippen LogP contribution in [0.3, 0.4) is 0 Å². The van der Waals surface area contributed by atoms with E-state index < -0.39 is 0 Å². The third-order valence-electron chi connectivity index (χ3n) is 4.05. The number of para-hydroxylation sites is 1. The van der Waals surface area contributed by atoms with Crippen LogP contribution in [0.4, 0.5) is 5.95 Å². The van der Waals surface area contributed by atoms with E-state index in [4.69, 9.17) is 5.10 Å². The number of hydrogen-bond donors (Lipinski definition) is 2. The molecule has 0 radical (unpaired) electrons. The van der Waals surface area contributed by atoms with Crippen LogP contribution in [0.2, 0.25) is 0 Å². The molecule has 8 nitrogen and oxygen atoms in total. The van der Waals surface area contributed by atoms with Crippen molar-refractivity contribution >= 4 is 12.2 Å². The van der Waals surface area contributed by atoms with Gasteiger partial charge in [0, 0.05) is 17.3 Å². The summed E-state index contributed by atoms with van der Waals surface area (Å²) in [5.74, 6) is 0.170. The molecule has 2 N–H and O–H groups in total. The Balaban J connectivity index is 1.67. The molecular formula is C20H17N7O. The van der Waals surface area contributed by atoms with Crippen molar-refractivity contribution in [3.05, 3.63) is 88.5 Å². The van der Waals surface area contributed by atoms with Gasteiger partial charge in [0.15, 0.2) is 0 Å². The van der Waals surface area contributed by atoms with Crippen LogP contribution in [-0.4, -0.2) is 31.2 Å². The van der Waals surface area contributed by atoms with Crippen LogP contribution in [-0.2, 0) is 0 Å². The Morgan fingerprint density at radius 3 is 2.46 bits per heavy atom. The number of nitrogens with one attached hydrogen (secondary N) is 2. The van der Waals surface area contributed by atoms with Gasteiger partial charge in [-0.15, -0.1) is 10.2 Å². The highest BCUT2D eigenvalue weighted by atomic mass is 16.1. The molecule has 0 amide bonds. The van der Waals surface area contributed by atoms with Gasteiger partial charge in [0.2, 0.25) is 5.95 Å². The molecule has 0 aliphatic rings. The second kappa shape index (κ2) is 7.67. The van der Waals surface area contributed by atoms with Gasteiger partial charge in [-0.3, -0.25) is 9.78 Å².